The van der Waals surface area contributed by atoms with Crippen molar-refractivity contribution in [3.8, 4) is 5.75 Å². The lowest BCUT2D eigenvalue weighted by Crippen LogP contribution is -2.18. The van der Waals surface area contributed by atoms with E-state index < -0.39 is 5.82 Å². The standard InChI is InChI=1S/C30H29ClFN5O3/c1-36(2)13-6-9-29(38)35-27-16-23-26(17-28(27)40-22-12-14-39-18-22)33-19-34-30(23)37(20-7-4-3-5-8-20)21-10-11-25(32)24(31)15-21/h3-11,15-17,19,22H,12-14,18H2,1-2H3,(H,35,38)/t22-/m1/s1. The van der Waals surface area contributed by atoms with Crippen molar-refractivity contribution in [2.24, 2.45) is 0 Å². The van der Waals surface area contributed by atoms with E-state index in [9.17, 15) is 9.18 Å². The van der Waals surface area contributed by atoms with Crippen molar-refractivity contribution in [1.82, 2.24) is 14.9 Å². The fourth-order valence-electron chi connectivity index (χ4n) is 4.37. The van der Waals surface area contributed by atoms with Crippen LogP contribution in [0.15, 0.2) is 79.1 Å². The van der Waals surface area contributed by atoms with Gasteiger partial charge in [-0.2, -0.15) is 0 Å². The molecular formula is C30H29ClFN5O3. The molecule has 1 aliphatic heterocycles. The quantitative estimate of drug-likeness (QED) is 0.247. The molecule has 0 radical (unpaired) electrons. The Morgan fingerprint density at radius 2 is 1.98 bits per heavy atom. The van der Waals surface area contributed by atoms with Crippen LogP contribution in [-0.4, -0.2) is 60.7 Å². The average Bonchev–Trinajstić information content (AvgIpc) is 3.45. The lowest BCUT2D eigenvalue weighted by Gasteiger charge is -2.26. The zero-order chi connectivity index (χ0) is 28.1. The molecule has 3 aromatic carbocycles. The number of carbonyl (C=O) groups is 1. The molecule has 0 bridgehead atoms. The van der Waals surface area contributed by atoms with E-state index in [0.717, 1.165) is 12.1 Å². The zero-order valence-electron chi connectivity index (χ0n) is 22.2. The van der Waals surface area contributed by atoms with Crippen molar-refractivity contribution in [2.75, 3.05) is 44.1 Å². The fourth-order valence-corrected chi connectivity index (χ4v) is 4.54. The summed E-state index contributed by atoms with van der Waals surface area (Å²) in [5, 5.41) is 3.59. The number of rotatable bonds is 9. The first kappa shape index (κ1) is 27.5. The minimum Gasteiger partial charge on any atom is -0.486 e. The van der Waals surface area contributed by atoms with Crippen molar-refractivity contribution >= 4 is 51.3 Å². The van der Waals surface area contributed by atoms with E-state index in [-0.39, 0.29) is 17.0 Å². The van der Waals surface area contributed by atoms with Gasteiger partial charge in [0.25, 0.3) is 0 Å². The summed E-state index contributed by atoms with van der Waals surface area (Å²) in [6, 6.07) is 17.6. The van der Waals surface area contributed by atoms with Gasteiger partial charge in [-0.3, -0.25) is 9.69 Å². The Balaban J connectivity index is 1.63. The van der Waals surface area contributed by atoms with Crippen LogP contribution in [0.1, 0.15) is 6.42 Å². The topological polar surface area (TPSA) is 79.8 Å². The molecule has 0 aliphatic carbocycles. The molecule has 1 atom stereocenters. The van der Waals surface area contributed by atoms with Gasteiger partial charge in [-0.05, 0) is 50.5 Å². The third kappa shape index (κ3) is 6.39. The number of carbonyl (C=O) groups excluding carboxylic acids is 1. The first-order chi connectivity index (χ1) is 19.4. The SMILES string of the molecule is CN(C)CC=CC(=O)Nc1cc2c(N(c3ccccc3)c3ccc(F)c(Cl)c3)ncnc2cc1O[C@@H]1CCOC1. The first-order valence-corrected chi connectivity index (χ1v) is 13.2. The normalized spacial score (nSPS) is 15.2. The number of aromatic nitrogens is 2. The third-order valence-corrected chi connectivity index (χ3v) is 6.57. The maximum absolute atomic E-state index is 14.1. The molecule has 8 nitrogen and oxygen atoms in total. The second kappa shape index (κ2) is 12.4. The highest BCUT2D eigenvalue weighted by molar-refractivity contribution is 6.31. The second-order valence-corrected chi connectivity index (χ2v) is 10.00. The summed E-state index contributed by atoms with van der Waals surface area (Å²) in [5.74, 6) is 0.194. The number of hydrogen-bond donors (Lipinski definition) is 1. The number of benzene rings is 3. The van der Waals surface area contributed by atoms with Crippen molar-refractivity contribution in [1.29, 1.82) is 0 Å². The Bertz CT molecular complexity index is 1530. The molecule has 5 rings (SSSR count). The molecule has 1 N–H and O–H groups in total. The fraction of sp³-hybridized carbons (Fsp3) is 0.233. The van der Waals surface area contributed by atoms with Crippen molar-refractivity contribution in [3.05, 3.63) is 90.0 Å². The molecular weight excluding hydrogens is 533 g/mol. The molecule has 0 spiro atoms. The molecule has 1 aliphatic rings. The molecule has 206 valence electrons. The predicted molar refractivity (Wildman–Crippen MR) is 155 cm³/mol. The van der Waals surface area contributed by atoms with Crippen LogP contribution in [0.5, 0.6) is 5.75 Å². The molecule has 1 aromatic heterocycles. The number of para-hydroxylation sites is 1. The summed E-state index contributed by atoms with van der Waals surface area (Å²) >= 11 is 6.18. The summed E-state index contributed by atoms with van der Waals surface area (Å²) in [4.78, 5) is 25.8. The summed E-state index contributed by atoms with van der Waals surface area (Å²) in [6.45, 7) is 1.71. The van der Waals surface area contributed by atoms with Crippen LogP contribution in [0.2, 0.25) is 5.02 Å². The number of hydrogen-bond acceptors (Lipinski definition) is 7. The molecule has 2 heterocycles. The Morgan fingerprint density at radius 1 is 1.15 bits per heavy atom. The highest BCUT2D eigenvalue weighted by Crippen LogP contribution is 2.41. The number of anilines is 4. The van der Waals surface area contributed by atoms with Crippen LogP contribution in [0.25, 0.3) is 10.9 Å². The van der Waals surface area contributed by atoms with Gasteiger partial charge in [0.2, 0.25) is 5.91 Å². The average molecular weight is 562 g/mol. The third-order valence-electron chi connectivity index (χ3n) is 6.28. The van der Waals surface area contributed by atoms with Crippen LogP contribution >= 0.6 is 11.6 Å². The van der Waals surface area contributed by atoms with Crippen LogP contribution in [-0.2, 0) is 9.53 Å². The Morgan fingerprint density at radius 3 is 2.70 bits per heavy atom. The van der Waals surface area contributed by atoms with Crippen molar-refractivity contribution in [3.63, 3.8) is 0 Å². The Labute approximate surface area is 237 Å². The molecule has 1 saturated heterocycles. The molecule has 4 aromatic rings. The highest BCUT2D eigenvalue weighted by Gasteiger charge is 2.23. The van der Waals surface area contributed by atoms with E-state index >= 15 is 0 Å². The lowest BCUT2D eigenvalue weighted by atomic mass is 10.1. The molecule has 1 fully saturated rings. The maximum atomic E-state index is 14.1. The number of halogens is 2. The number of amides is 1. The van der Waals surface area contributed by atoms with Gasteiger partial charge in [0.05, 0.1) is 29.4 Å². The van der Waals surface area contributed by atoms with Crippen molar-refractivity contribution < 1.29 is 18.7 Å². The molecule has 0 unspecified atom stereocenters. The van der Waals surface area contributed by atoms with Gasteiger partial charge in [0, 0.05) is 41.9 Å². The predicted octanol–water partition coefficient (Wildman–Crippen LogP) is 6.12. The summed E-state index contributed by atoms with van der Waals surface area (Å²) < 4.78 is 25.8. The minimum absolute atomic E-state index is 0.0104. The van der Waals surface area contributed by atoms with E-state index in [2.05, 4.69) is 15.3 Å². The van der Waals surface area contributed by atoms with Gasteiger partial charge in [-0.1, -0.05) is 35.9 Å². The Hall–Kier alpha value is -4.05. The van der Waals surface area contributed by atoms with E-state index in [1.165, 1.54) is 18.5 Å². The number of nitrogens with zero attached hydrogens (tertiary/aromatic N) is 4. The highest BCUT2D eigenvalue weighted by atomic mass is 35.5. The Kier molecular flexibility index (Phi) is 8.54. The number of nitrogens with one attached hydrogen (secondary N) is 1. The monoisotopic (exact) mass is 561 g/mol. The van der Waals surface area contributed by atoms with E-state index in [0.29, 0.717) is 53.6 Å². The van der Waals surface area contributed by atoms with E-state index in [1.807, 2.05) is 54.2 Å². The van der Waals surface area contributed by atoms with Gasteiger partial charge in [0.1, 0.15) is 29.8 Å². The van der Waals surface area contributed by atoms with Crippen LogP contribution in [0, 0.1) is 5.82 Å². The number of fused-ring (bicyclic) bond motifs is 1. The smallest absolute Gasteiger partial charge is 0.248 e. The van der Waals surface area contributed by atoms with Gasteiger partial charge < -0.3 is 19.7 Å². The first-order valence-electron chi connectivity index (χ1n) is 12.8. The number of ether oxygens (including phenoxy) is 2. The largest absolute Gasteiger partial charge is 0.486 e. The van der Waals surface area contributed by atoms with Crippen LogP contribution in [0.3, 0.4) is 0 Å². The molecule has 1 amide bonds. The van der Waals surface area contributed by atoms with E-state index in [4.69, 9.17) is 21.1 Å². The van der Waals surface area contributed by atoms with Gasteiger partial charge in [0.15, 0.2) is 0 Å². The summed E-state index contributed by atoms with van der Waals surface area (Å²) in [5.41, 5.74) is 2.47. The molecule has 0 saturated carbocycles. The summed E-state index contributed by atoms with van der Waals surface area (Å²) in [7, 11) is 3.85. The molecule has 40 heavy (non-hydrogen) atoms. The van der Waals surface area contributed by atoms with Crippen molar-refractivity contribution in [2.45, 2.75) is 12.5 Å². The van der Waals surface area contributed by atoms with Gasteiger partial charge in [-0.25, -0.2) is 14.4 Å². The summed E-state index contributed by atoms with van der Waals surface area (Å²) in [6.07, 6.45) is 5.35. The zero-order valence-corrected chi connectivity index (χ0v) is 22.9. The van der Waals surface area contributed by atoms with Gasteiger partial charge >= 0.3 is 0 Å². The molecule has 10 heteroatoms. The van der Waals surface area contributed by atoms with E-state index in [1.54, 1.807) is 30.3 Å². The number of likely N-dealkylation sites (N-methyl/N-ethyl adjacent to an activating group) is 1. The lowest BCUT2D eigenvalue weighted by molar-refractivity contribution is -0.111. The second-order valence-electron chi connectivity index (χ2n) is 9.59. The van der Waals surface area contributed by atoms with Gasteiger partial charge in [-0.15, -0.1) is 0 Å². The van der Waals surface area contributed by atoms with Crippen LogP contribution in [0.4, 0.5) is 27.3 Å². The van der Waals surface area contributed by atoms with Crippen LogP contribution < -0.4 is 15.0 Å². The maximum Gasteiger partial charge on any atom is 0.248 e. The minimum atomic E-state index is -0.518.